The van der Waals surface area contributed by atoms with Crippen LogP contribution in [0.4, 0.5) is 0 Å². The minimum Gasteiger partial charge on any atom is -0.473 e. The number of nitrogens with zero attached hydrogens (tertiary/aromatic N) is 1. The van der Waals surface area contributed by atoms with Crippen molar-refractivity contribution in [3.8, 4) is 5.75 Å². The molecule has 0 aliphatic carbocycles. The van der Waals surface area contributed by atoms with Gasteiger partial charge in [0.25, 0.3) is 0 Å². The lowest BCUT2D eigenvalue weighted by molar-refractivity contribution is -0.671. The van der Waals surface area contributed by atoms with Crippen LogP contribution in [0.25, 0.3) is 29.0 Å². The molecule has 0 N–H and O–H groups in total. The third kappa shape index (κ3) is 3.94. The van der Waals surface area contributed by atoms with Crippen molar-refractivity contribution >= 4 is 29.0 Å². The van der Waals surface area contributed by atoms with Crippen molar-refractivity contribution in [1.29, 1.82) is 0 Å². The van der Waals surface area contributed by atoms with E-state index < -0.39 is 5.60 Å². The topological polar surface area (TPSA) is 13.1 Å². The lowest BCUT2D eigenvalue weighted by Gasteiger charge is -2.36. The van der Waals surface area contributed by atoms with Gasteiger partial charge in [-0.2, -0.15) is 0 Å². The molecular weight excluding hydrogens is 426 g/mol. The van der Waals surface area contributed by atoms with Gasteiger partial charge in [-0.15, -0.1) is 0 Å². The number of hydrogen-bond donors (Lipinski definition) is 0. The van der Waals surface area contributed by atoms with Gasteiger partial charge in [-0.25, -0.2) is 4.57 Å². The van der Waals surface area contributed by atoms with Crippen LogP contribution >= 0.6 is 0 Å². The summed E-state index contributed by atoms with van der Waals surface area (Å²) in [5, 5.41) is 2.39. The molecular formula is C33H26NO+. The summed E-state index contributed by atoms with van der Waals surface area (Å²) in [4.78, 5) is 0. The van der Waals surface area contributed by atoms with Gasteiger partial charge in [0, 0.05) is 28.8 Å². The molecule has 2 heterocycles. The molecule has 0 amide bonds. The summed E-state index contributed by atoms with van der Waals surface area (Å²) < 4.78 is 8.88. The molecule has 0 radical (unpaired) electrons. The number of benzene rings is 4. The average molecular weight is 453 g/mol. The maximum atomic E-state index is 6.84. The minimum atomic E-state index is -0.655. The Labute approximate surface area is 206 Å². The summed E-state index contributed by atoms with van der Waals surface area (Å²) >= 11 is 0. The maximum absolute atomic E-state index is 6.84. The zero-order valence-corrected chi connectivity index (χ0v) is 19.6. The number of rotatable bonds is 4. The third-order valence-corrected chi connectivity index (χ3v) is 6.68. The van der Waals surface area contributed by atoms with Gasteiger partial charge in [0.1, 0.15) is 12.8 Å². The van der Waals surface area contributed by atoms with Crippen molar-refractivity contribution < 1.29 is 9.30 Å². The predicted molar refractivity (Wildman–Crippen MR) is 144 cm³/mol. The van der Waals surface area contributed by atoms with Crippen molar-refractivity contribution in [2.24, 2.45) is 7.05 Å². The van der Waals surface area contributed by atoms with Gasteiger partial charge >= 0.3 is 0 Å². The Balaban J connectivity index is 1.39. The molecule has 1 aliphatic heterocycles. The van der Waals surface area contributed by atoms with E-state index in [9.17, 15) is 0 Å². The highest BCUT2D eigenvalue weighted by Crippen LogP contribution is 2.44. The highest BCUT2D eigenvalue weighted by molar-refractivity contribution is 5.95. The van der Waals surface area contributed by atoms with E-state index in [0.717, 1.165) is 22.4 Å². The molecule has 4 aromatic carbocycles. The molecule has 1 aromatic heterocycles. The molecule has 0 spiro atoms. The number of fused-ring (bicyclic) bond motifs is 3. The number of hydrogen-bond acceptors (Lipinski definition) is 1. The molecule has 0 bridgehead atoms. The van der Waals surface area contributed by atoms with Crippen LogP contribution in [-0.2, 0) is 12.6 Å². The SMILES string of the molecule is C[n+]1ccc(/C=C/c2ccc3c4c(ccc3c2)OC(c2ccccc2)(c2ccccc2)C=C4)cc1. The predicted octanol–water partition coefficient (Wildman–Crippen LogP) is 7.18. The van der Waals surface area contributed by atoms with Gasteiger partial charge in [0.05, 0.1) is 0 Å². The Morgan fingerprint density at radius 3 is 2.03 bits per heavy atom. The summed E-state index contributed by atoms with van der Waals surface area (Å²) in [6.07, 6.45) is 12.9. The van der Waals surface area contributed by atoms with Gasteiger partial charge < -0.3 is 4.74 Å². The van der Waals surface area contributed by atoms with E-state index in [0.29, 0.717) is 0 Å². The summed E-state index contributed by atoms with van der Waals surface area (Å²) in [6, 6.07) is 36.0. The quantitative estimate of drug-likeness (QED) is 0.263. The zero-order chi connectivity index (χ0) is 23.7. The molecule has 35 heavy (non-hydrogen) atoms. The molecule has 2 heteroatoms. The summed E-state index contributed by atoms with van der Waals surface area (Å²) in [5.74, 6) is 0.896. The number of pyridine rings is 1. The normalized spacial score (nSPS) is 14.1. The highest BCUT2D eigenvalue weighted by atomic mass is 16.5. The fourth-order valence-corrected chi connectivity index (χ4v) is 4.79. The van der Waals surface area contributed by atoms with Gasteiger partial charge in [-0.3, -0.25) is 0 Å². The number of aryl methyl sites for hydroxylation is 1. The first kappa shape index (κ1) is 21.1. The second kappa shape index (κ2) is 8.73. The fourth-order valence-electron chi connectivity index (χ4n) is 4.79. The molecule has 0 saturated heterocycles. The smallest absolute Gasteiger partial charge is 0.178 e. The van der Waals surface area contributed by atoms with Crippen LogP contribution < -0.4 is 9.30 Å². The van der Waals surface area contributed by atoms with Crippen LogP contribution in [0, 0.1) is 0 Å². The van der Waals surface area contributed by atoms with Crippen LogP contribution in [0.15, 0.2) is 122 Å². The fraction of sp³-hybridized carbons (Fsp3) is 0.0606. The van der Waals surface area contributed by atoms with Crippen molar-refractivity contribution in [3.63, 3.8) is 0 Å². The summed E-state index contributed by atoms with van der Waals surface area (Å²) in [5.41, 5.74) is 5.05. The van der Waals surface area contributed by atoms with Gasteiger partial charge in [-0.1, -0.05) is 91.0 Å². The first-order valence-electron chi connectivity index (χ1n) is 11.9. The van der Waals surface area contributed by atoms with Gasteiger partial charge in [0.2, 0.25) is 0 Å². The van der Waals surface area contributed by atoms with Gasteiger partial charge in [0.15, 0.2) is 18.0 Å². The number of aromatic nitrogens is 1. The van der Waals surface area contributed by atoms with E-state index >= 15 is 0 Å². The average Bonchev–Trinajstić information content (AvgIpc) is 2.93. The molecule has 1 aliphatic rings. The molecule has 0 unspecified atom stereocenters. The molecule has 0 fully saturated rings. The van der Waals surface area contributed by atoms with Crippen LogP contribution in [-0.4, -0.2) is 0 Å². The molecule has 168 valence electrons. The van der Waals surface area contributed by atoms with E-state index in [1.807, 2.05) is 23.7 Å². The second-order valence-corrected chi connectivity index (χ2v) is 8.99. The summed E-state index contributed by atoms with van der Waals surface area (Å²) in [6.45, 7) is 0. The molecule has 0 saturated carbocycles. The van der Waals surface area contributed by atoms with E-state index in [4.69, 9.17) is 4.74 Å². The van der Waals surface area contributed by atoms with E-state index in [1.165, 1.54) is 21.9 Å². The lowest BCUT2D eigenvalue weighted by Crippen LogP contribution is -2.34. The minimum absolute atomic E-state index is 0.655. The van der Waals surface area contributed by atoms with Crippen molar-refractivity contribution in [2.45, 2.75) is 5.60 Å². The maximum Gasteiger partial charge on any atom is 0.178 e. The van der Waals surface area contributed by atoms with E-state index in [2.05, 4.69) is 128 Å². The Bertz CT molecular complexity index is 1510. The zero-order valence-electron chi connectivity index (χ0n) is 19.6. The van der Waals surface area contributed by atoms with Crippen molar-refractivity contribution in [2.75, 3.05) is 0 Å². The standard InChI is InChI=1S/C33H26NO/c1-34-22-19-25(20-23-34)12-13-26-14-16-30-27(24-26)15-17-32-31(30)18-21-33(35-32,28-8-4-2-5-9-28)29-10-6-3-7-11-29/h2-24H,1H3/q+1/b13-12+. The molecule has 6 rings (SSSR count). The van der Waals surface area contributed by atoms with Crippen LogP contribution in [0.5, 0.6) is 5.75 Å². The number of ether oxygens (including phenoxy) is 1. The van der Waals surface area contributed by atoms with E-state index in [-0.39, 0.29) is 0 Å². The van der Waals surface area contributed by atoms with Crippen molar-refractivity contribution in [3.05, 3.63) is 149 Å². The van der Waals surface area contributed by atoms with Crippen molar-refractivity contribution in [1.82, 2.24) is 0 Å². The first-order chi connectivity index (χ1) is 17.2. The molecule has 0 atom stereocenters. The Morgan fingerprint density at radius 1 is 0.686 bits per heavy atom. The largest absolute Gasteiger partial charge is 0.473 e. The second-order valence-electron chi connectivity index (χ2n) is 8.99. The lowest BCUT2D eigenvalue weighted by atomic mass is 9.83. The monoisotopic (exact) mass is 452 g/mol. The Morgan fingerprint density at radius 2 is 1.34 bits per heavy atom. The van der Waals surface area contributed by atoms with Gasteiger partial charge in [-0.05, 0) is 46.2 Å². The Kier molecular flexibility index (Phi) is 5.27. The molecule has 2 nitrogen and oxygen atoms in total. The molecule has 5 aromatic rings. The van der Waals surface area contributed by atoms with Crippen LogP contribution in [0.3, 0.4) is 0 Å². The highest BCUT2D eigenvalue weighted by Gasteiger charge is 2.37. The third-order valence-electron chi connectivity index (χ3n) is 6.68. The van der Waals surface area contributed by atoms with Crippen LogP contribution in [0.1, 0.15) is 27.8 Å². The van der Waals surface area contributed by atoms with E-state index in [1.54, 1.807) is 0 Å². The Hall–Kier alpha value is -4.43. The first-order valence-corrected chi connectivity index (χ1v) is 11.9. The summed E-state index contributed by atoms with van der Waals surface area (Å²) in [7, 11) is 2.03. The van der Waals surface area contributed by atoms with Crippen LogP contribution in [0.2, 0.25) is 0 Å².